The number of guanidine groups is 1. The third kappa shape index (κ3) is 5.61. The quantitative estimate of drug-likeness (QED) is 0.291. The second kappa shape index (κ2) is 10.8. The first-order valence-electron chi connectivity index (χ1n) is 9.47. The number of nitrogens with zero attached hydrogens (tertiary/aromatic N) is 3. The molecule has 0 radical (unpaired) electrons. The smallest absolute Gasteiger partial charge is 0.191 e. The molecule has 2 N–H and O–H groups in total. The highest BCUT2D eigenvalue weighted by atomic mass is 127. The topological polar surface area (TPSA) is 42.9 Å². The molecule has 1 atom stereocenters. The van der Waals surface area contributed by atoms with Crippen molar-refractivity contribution in [1.29, 1.82) is 0 Å². The van der Waals surface area contributed by atoms with Gasteiger partial charge in [-0.2, -0.15) is 0 Å². The molecule has 2 aliphatic heterocycles. The molecule has 0 aromatic heterocycles. The molecule has 1 fully saturated rings. The maximum atomic E-state index is 4.37. The SMILES string of the molecule is CCN1CCCC1CNC(=NC)NCc1cccc(N2CC=CC2)c1.I. The van der Waals surface area contributed by atoms with E-state index in [2.05, 4.69) is 68.8 Å². The zero-order valence-corrected chi connectivity index (χ0v) is 18.3. The first-order valence-corrected chi connectivity index (χ1v) is 9.47. The van der Waals surface area contributed by atoms with E-state index in [1.165, 1.54) is 30.6 Å². The first-order chi connectivity index (χ1) is 12.3. The lowest BCUT2D eigenvalue weighted by Crippen LogP contribution is -2.44. The fraction of sp³-hybridized carbons (Fsp3) is 0.550. The maximum Gasteiger partial charge on any atom is 0.191 e. The Morgan fingerprint density at radius 3 is 2.77 bits per heavy atom. The number of likely N-dealkylation sites (N-methyl/N-ethyl adjacent to an activating group) is 1. The highest BCUT2D eigenvalue weighted by Gasteiger charge is 2.22. The van der Waals surface area contributed by atoms with E-state index in [9.17, 15) is 0 Å². The van der Waals surface area contributed by atoms with Crippen molar-refractivity contribution < 1.29 is 0 Å². The third-order valence-corrected chi connectivity index (χ3v) is 5.19. The zero-order valence-electron chi connectivity index (χ0n) is 15.9. The van der Waals surface area contributed by atoms with Crippen LogP contribution in [0.2, 0.25) is 0 Å². The van der Waals surface area contributed by atoms with E-state index < -0.39 is 0 Å². The van der Waals surface area contributed by atoms with Crippen LogP contribution >= 0.6 is 24.0 Å². The van der Waals surface area contributed by atoms with Gasteiger partial charge in [0.2, 0.25) is 0 Å². The van der Waals surface area contributed by atoms with Crippen molar-refractivity contribution in [3.8, 4) is 0 Å². The van der Waals surface area contributed by atoms with Gasteiger partial charge in [0.25, 0.3) is 0 Å². The maximum absolute atomic E-state index is 4.37. The molecule has 0 spiro atoms. The largest absolute Gasteiger partial charge is 0.364 e. The number of anilines is 1. The molecule has 144 valence electrons. The van der Waals surface area contributed by atoms with Crippen molar-refractivity contribution in [2.75, 3.05) is 44.7 Å². The minimum atomic E-state index is 0. The Bertz CT molecular complexity index is 608. The van der Waals surface area contributed by atoms with Crippen LogP contribution < -0.4 is 15.5 Å². The molecule has 1 unspecified atom stereocenters. The van der Waals surface area contributed by atoms with E-state index in [0.717, 1.165) is 38.7 Å². The van der Waals surface area contributed by atoms with Crippen LogP contribution in [0.25, 0.3) is 0 Å². The van der Waals surface area contributed by atoms with Crippen molar-refractivity contribution in [3.63, 3.8) is 0 Å². The van der Waals surface area contributed by atoms with E-state index >= 15 is 0 Å². The Morgan fingerprint density at radius 2 is 2.04 bits per heavy atom. The lowest BCUT2D eigenvalue weighted by Gasteiger charge is -2.24. The van der Waals surface area contributed by atoms with E-state index in [-0.39, 0.29) is 24.0 Å². The number of likely N-dealkylation sites (tertiary alicyclic amines) is 1. The van der Waals surface area contributed by atoms with Crippen LogP contribution in [0.4, 0.5) is 5.69 Å². The van der Waals surface area contributed by atoms with Gasteiger partial charge in [-0.05, 0) is 43.6 Å². The molecule has 0 saturated carbocycles. The number of benzene rings is 1. The molecule has 0 aliphatic carbocycles. The predicted molar refractivity (Wildman–Crippen MR) is 122 cm³/mol. The number of aliphatic imine (C=N–C) groups is 1. The molecular formula is C20H32IN5. The second-order valence-corrected chi connectivity index (χ2v) is 6.78. The van der Waals surface area contributed by atoms with Gasteiger partial charge in [-0.1, -0.05) is 31.2 Å². The monoisotopic (exact) mass is 469 g/mol. The third-order valence-electron chi connectivity index (χ3n) is 5.19. The van der Waals surface area contributed by atoms with Crippen molar-refractivity contribution in [1.82, 2.24) is 15.5 Å². The van der Waals surface area contributed by atoms with Gasteiger partial charge in [0.1, 0.15) is 0 Å². The van der Waals surface area contributed by atoms with Gasteiger partial charge >= 0.3 is 0 Å². The Labute approximate surface area is 174 Å². The summed E-state index contributed by atoms with van der Waals surface area (Å²) in [6, 6.07) is 9.39. The van der Waals surface area contributed by atoms with Gasteiger partial charge in [0.15, 0.2) is 5.96 Å². The zero-order chi connectivity index (χ0) is 17.5. The number of nitrogens with one attached hydrogen (secondary N) is 2. The summed E-state index contributed by atoms with van der Waals surface area (Å²) in [6.07, 6.45) is 7.03. The highest BCUT2D eigenvalue weighted by Crippen LogP contribution is 2.18. The molecule has 1 aromatic rings. The van der Waals surface area contributed by atoms with Crippen LogP contribution in [0.5, 0.6) is 0 Å². The molecule has 1 aromatic carbocycles. The molecule has 2 heterocycles. The number of rotatable bonds is 6. The standard InChI is InChI=1S/C20H31N5.HI/c1-3-24-13-7-10-19(24)16-23-20(21-2)22-15-17-8-6-9-18(14-17)25-11-4-5-12-25;/h4-6,8-9,14,19H,3,7,10-13,15-16H2,1-2H3,(H2,21,22,23);1H. The minimum Gasteiger partial charge on any atom is -0.364 e. The molecule has 0 amide bonds. The van der Waals surface area contributed by atoms with E-state index in [0.29, 0.717) is 6.04 Å². The molecule has 5 nitrogen and oxygen atoms in total. The van der Waals surface area contributed by atoms with Gasteiger partial charge < -0.3 is 15.5 Å². The Morgan fingerprint density at radius 1 is 1.23 bits per heavy atom. The average Bonchev–Trinajstić information content (AvgIpc) is 3.33. The fourth-order valence-electron chi connectivity index (χ4n) is 3.72. The van der Waals surface area contributed by atoms with E-state index in [4.69, 9.17) is 0 Å². The molecule has 0 bridgehead atoms. The van der Waals surface area contributed by atoms with Crippen molar-refractivity contribution in [2.45, 2.75) is 32.4 Å². The van der Waals surface area contributed by atoms with Crippen molar-refractivity contribution in [3.05, 3.63) is 42.0 Å². The summed E-state index contributed by atoms with van der Waals surface area (Å²) in [5.74, 6) is 0.885. The minimum absolute atomic E-state index is 0. The first kappa shape index (κ1) is 21.0. The van der Waals surface area contributed by atoms with Crippen molar-refractivity contribution in [2.24, 2.45) is 4.99 Å². The summed E-state index contributed by atoms with van der Waals surface area (Å²) in [5, 5.41) is 6.94. The summed E-state index contributed by atoms with van der Waals surface area (Å²) in [7, 11) is 1.84. The Hall–Kier alpha value is -1.28. The van der Waals surface area contributed by atoms with Crippen LogP contribution in [0.1, 0.15) is 25.3 Å². The number of halogens is 1. The number of hydrogen-bond donors (Lipinski definition) is 2. The van der Waals surface area contributed by atoms with Crippen LogP contribution in [0.15, 0.2) is 41.4 Å². The lowest BCUT2D eigenvalue weighted by atomic mass is 10.2. The predicted octanol–water partition coefficient (Wildman–Crippen LogP) is 2.83. The summed E-state index contributed by atoms with van der Waals surface area (Å²) in [6.45, 7) is 8.38. The summed E-state index contributed by atoms with van der Waals surface area (Å²) in [4.78, 5) is 9.29. The Balaban J connectivity index is 0.00000243. The van der Waals surface area contributed by atoms with Crippen molar-refractivity contribution >= 4 is 35.6 Å². The van der Waals surface area contributed by atoms with Gasteiger partial charge in [-0.3, -0.25) is 9.89 Å². The van der Waals surface area contributed by atoms with E-state index in [1.807, 2.05) is 7.05 Å². The normalized spacial score (nSPS) is 20.3. The highest BCUT2D eigenvalue weighted by molar-refractivity contribution is 14.0. The summed E-state index contributed by atoms with van der Waals surface area (Å²) >= 11 is 0. The van der Waals surface area contributed by atoms with E-state index in [1.54, 1.807) is 0 Å². The molecule has 6 heteroatoms. The van der Waals surface area contributed by atoms with Gasteiger partial charge in [0.05, 0.1) is 0 Å². The molecule has 26 heavy (non-hydrogen) atoms. The van der Waals surface area contributed by atoms with Crippen LogP contribution in [-0.4, -0.2) is 56.7 Å². The second-order valence-electron chi connectivity index (χ2n) is 6.78. The van der Waals surface area contributed by atoms with Gasteiger partial charge in [0, 0.05) is 45.0 Å². The van der Waals surface area contributed by atoms with Crippen LogP contribution in [0, 0.1) is 0 Å². The Kier molecular flexibility index (Phi) is 8.71. The summed E-state index contributed by atoms with van der Waals surface area (Å²) in [5.41, 5.74) is 2.57. The molecule has 1 saturated heterocycles. The van der Waals surface area contributed by atoms with Gasteiger partial charge in [-0.25, -0.2) is 0 Å². The molecule has 2 aliphatic rings. The van der Waals surface area contributed by atoms with Crippen LogP contribution in [0.3, 0.4) is 0 Å². The lowest BCUT2D eigenvalue weighted by molar-refractivity contribution is 0.267. The fourth-order valence-corrected chi connectivity index (χ4v) is 3.72. The van der Waals surface area contributed by atoms with Crippen LogP contribution in [-0.2, 0) is 6.54 Å². The van der Waals surface area contributed by atoms with Gasteiger partial charge in [-0.15, -0.1) is 24.0 Å². The summed E-state index contributed by atoms with van der Waals surface area (Å²) < 4.78 is 0. The average molecular weight is 469 g/mol. The number of hydrogen-bond acceptors (Lipinski definition) is 3. The molecule has 3 rings (SSSR count). The molecular weight excluding hydrogens is 437 g/mol.